The van der Waals surface area contributed by atoms with E-state index in [0.717, 1.165) is 17.1 Å². The quantitative estimate of drug-likeness (QED) is 0.880. The number of phenols is 2. The Hall–Kier alpha value is -2.36. The van der Waals surface area contributed by atoms with E-state index >= 15 is 0 Å². The number of aromatic hydroxyl groups is 2. The molecule has 0 aliphatic heterocycles. The first-order chi connectivity index (χ1) is 9.63. The fourth-order valence-corrected chi connectivity index (χ4v) is 2.10. The number of methoxy groups -OCH3 is 2. The van der Waals surface area contributed by atoms with Gasteiger partial charge in [-0.15, -0.1) is 0 Å². The van der Waals surface area contributed by atoms with Crippen molar-refractivity contribution in [3.8, 4) is 23.0 Å². The second kappa shape index (κ2) is 6.19. The Bertz CT molecular complexity index is 551. The van der Waals surface area contributed by atoms with Crippen molar-refractivity contribution in [2.24, 2.45) is 0 Å². The molecule has 0 radical (unpaired) electrons. The van der Waals surface area contributed by atoms with Crippen LogP contribution in [0.15, 0.2) is 36.4 Å². The summed E-state index contributed by atoms with van der Waals surface area (Å²) < 4.78 is 10.4. The van der Waals surface area contributed by atoms with E-state index < -0.39 is 0 Å². The van der Waals surface area contributed by atoms with Crippen molar-refractivity contribution in [1.29, 1.82) is 0 Å². The van der Waals surface area contributed by atoms with Crippen LogP contribution >= 0.6 is 0 Å². The predicted molar refractivity (Wildman–Crippen MR) is 76.7 cm³/mol. The second-order valence-electron chi connectivity index (χ2n) is 4.50. The van der Waals surface area contributed by atoms with Crippen LogP contribution in [0.3, 0.4) is 0 Å². The third-order valence-electron chi connectivity index (χ3n) is 3.20. The van der Waals surface area contributed by atoms with E-state index in [2.05, 4.69) is 0 Å². The molecule has 0 atom stereocenters. The van der Waals surface area contributed by atoms with E-state index in [-0.39, 0.29) is 11.5 Å². The summed E-state index contributed by atoms with van der Waals surface area (Å²) in [6.45, 7) is 0. The zero-order valence-corrected chi connectivity index (χ0v) is 11.6. The maximum atomic E-state index is 9.76. The average molecular weight is 274 g/mol. The summed E-state index contributed by atoms with van der Waals surface area (Å²) >= 11 is 0. The van der Waals surface area contributed by atoms with Crippen molar-refractivity contribution in [1.82, 2.24) is 0 Å². The molecule has 0 saturated heterocycles. The lowest BCUT2D eigenvalue weighted by atomic mass is 10.0. The third-order valence-corrected chi connectivity index (χ3v) is 3.20. The second-order valence-corrected chi connectivity index (χ2v) is 4.50. The highest BCUT2D eigenvalue weighted by Crippen LogP contribution is 2.29. The molecule has 0 aliphatic rings. The Labute approximate surface area is 118 Å². The zero-order chi connectivity index (χ0) is 14.5. The maximum Gasteiger partial charge on any atom is 0.122 e. The Morgan fingerprint density at radius 2 is 1.40 bits per heavy atom. The summed E-state index contributed by atoms with van der Waals surface area (Å²) in [5, 5.41) is 19.5. The highest BCUT2D eigenvalue weighted by Gasteiger charge is 2.08. The Balaban J connectivity index is 2.18. The van der Waals surface area contributed by atoms with E-state index in [1.165, 1.54) is 0 Å². The predicted octanol–water partition coefficient (Wildman–Crippen LogP) is 2.90. The number of aryl methyl sites for hydroxylation is 1. The summed E-state index contributed by atoms with van der Waals surface area (Å²) in [6.07, 6.45) is 1.20. The minimum atomic E-state index is 0.111. The van der Waals surface area contributed by atoms with Gasteiger partial charge in [0.1, 0.15) is 23.0 Å². The molecule has 4 nitrogen and oxygen atoms in total. The highest BCUT2D eigenvalue weighted by molar-refractivity contribution is 5.44. The number of rotatable bonds is 5. The van der Waals surface area contributed by atoms with Gasteiger partial charge in [0.25, 0.3) is 0 Å². The van der Waals surface area contributed by atoms with Crippen LogP contribution in [0.2, 0.25) is 0 Å². The minimum Gasteiger partial charge on any atom is -0.508 e. The third kappa shape index (κ3) is 3.15. The summed E-state index contributed by atoms with van der Waals surface area (Å²) in [5.41, 5.74) is 1.57. The molecule has 0 aliphatic carbocycles. The standard InChI is InChI=1S/C16H18O4/c1-19-12-8-11(9-13(10-12)20-2)6-7-14-15(17)4-3-5-16(14)18/h3-5,8-10,17-18H,6-7H2,1-2H3. The van der Waals surface area contributed by atoms with Crippen molar-refractivity contribution in [2.75, 3.05) is 14.2 Å². The van der Waals surface area contributed by atoms with Gasteiger partial charge in [-0.2, -0.15) is 0 Å². The molecule has 2 N–H and O–H groups in total. The van der Waals surface area contributed by atoms with Crippen LogP contribution in [0.5, 0.6) is 23.0 Å². The first-order valence-electron chi connectivity index (χ1n) is 6.36. The molecule has 106 valence electrons. The van der Waals surface area contributed by atoms with Crippen LogP contribution in [-0.4, -0.2) is 24.4 Å². The first-order valence-corrected chi connectivity index (χ1v) is 6.36. The fourth-order valence-electron chi connectivity index (χ4n) is 2.10. The molecule has 0 aromatic heterocycles. The van der Waals surface area contributed by atoms with E-state index in [1.807, 2.05) is 12.1 Å². The average Bonchev–Trinajstić information content (AvgIpc) is 2.46. The first kappa shape index (κ1) is 14.1. The van der Waals surface area contributed by atoms with Crippen molar-refractivity contribution < 1.29 is 19.7 Å². The van der Waals surface area contributed by atoms with Crippen LogP contribution in [0.25, 0.3) is 0 Å². The number of benzene rings is 2. The van der Waals surface area contributed by atoms with Crippen molar-refractivity contribution >= 4 is 0 Å². The van der Waals surface area contributed by atoms with Gasteiger partial charge in [0.15, 0.2) is 0 Å². The van der Waals surface area contributed by atoms with Crippen molar-refractivity contribution in [3.05, 3.63) is 47.5 Å². The Kier molecular flexibility index (Phi) is 4.35. The zero-order valence-electron chi connectivity index (χ0n) is 11.6. The van der Waals surface area contributed by atoms with E-state index in [1.54, 1.807) is 38.5 Å². The van der Waals surface area contributed by atoms with Gasteiger partial charge in [-0.25, -0.2) is 0 Å². The molecule has 4 heteroatoms. The van der Waals surface area contributed by atoms with E-state index in [0.29, 0.717) is 18.4 Å². The fraction of sp³-hybridized carbons (Fsp3) is 0.250. The van der Waals surface area contributed by atoms with Gasteiger partial charge in [0, 0.05) is 11.6 Å². The number of hydrogen-bond acceptors (Lipinski definition) is 4. The molecule has 0 spiro atoms. The molecular weight excluding hydrogens is 256 g/mol. The molecule has 2 aromatic carbocycles. The van der Waals surface area contributed by atoms with Crippen LogP contribution in [0.4, 0.5) is 0 Å². The lowest BCUT2D eigenvalue weighted by molar-refractivity contribution is 0.393. The molecule has 2 aromatic rings. The van der Waals surface area contributed by atoms with Gasteiger partial charge >= 0.3 is 0 Å². The Morgan fingerprint density at radius 3 is 1.90 bits per heavy atom. The van der Waals surface area contributed by atoms with Crippen LogP contribution in [-0.2, 0) is 12.8 Å². The molecular formula is C16H18O4. The Morgan fingerprint density at radius 1 is 0.850 bits per heavy atom. The minimum absolute atomic E-state index is 0.111. The smallest absolute Gasteiger partial charge is 0.122 e. The number of phenolic OH excluding ortho intramolecular Hbond substituents is 2. The molecule has 0 bridgehead atoms. The summed E-state index contributed by atoms with van der Waals surface area (Å²) in [5.74, 6) is 1.67. The molecule has 0 fully saturated rings. The van der Waals surface area contributed by atoms with Crippen molar-refractivity contribution in [3.63, 3.8) is 0 Å². The van der Waals surface area contributed by atoms with Crippen LogP contribution < -0.4 is 9.47 Å². The molecule has 0 amide bonds. The van der Waals surface area contributed by atoms with Gasteiger partial charge in [0.2, 0.25) is 0 Å². The van der Waals surface area contributed by atoms with Gasteiger partial charge in [-0.3, -0.25) is 0 Å². The van der Waals surface area contributed by atoms with Gasteiger partial charge in [-0.05, 0) is 42.7 Å². The topological polar surface area (TPSA) is 58.9 Å². The van der Waals surface area contributed by atoms with Crippen LogP contribution in [0.1, 0.15) is 11.1 Å². The van der Waals surface area contributed by atoms with Crippen LogP contribution in [0, 0.1) is 0 Å². The molecule has 0 saturated carbocycles. The lowest BCUT2D eigenvalue weighted by Crippen LogP contribution is -1.95. The maximum absolute atomic E-state index is 9.76. The normalized spacial score (nSPS) is 10.3. The number of hydrogen-bond donors (Lipinski definition) is 2. The highest BCUT2D eigenvalue weighted by atomic mass is 16.5. The molecule has 0 unspecified atom stereocenters. The molecule has 0 heterocycles. The van der Waals surface area contributed by atoms with Crippen molar-refractivity contribution in [2.45, 2.75) is 12.8 Å². The SMILES string of the molecule is COc1cc(CCc2c(O)cccc2O)cc(OC)c1. The monoisotopic (exact) mass is 274 g/mol. The lowest BCUT2D eigenvalue weighted by Gasteiger charge is -2.10. The largest absolute Gasteiger partial charge is 0.508 e. The van der Waals surface area contributed by atoms with Gasteiger partial charge in [-0.1, -0.05) is 6.07 Å². The summed E-state index contributed by atoms with van der Waals surface area (Å²) in [6, 6.07) is 10.4. The van der Waals surface area contributed by atoms with Gasteiger partial charge in [0.05, 0.1) is 14.2 Å². The molecule has 20 heavy (non-hydrogen) atoms. The summed E-state index contributed by atoms with van der Waals surface area (Å²) in [4.78, 5) is 0. The number of ether oxygens (including phenoxy) is 2. The van der Waals surface area contributed by atoms with E-state index in [9.17, 15) is 10.2 Å². The van der Waals surface area contributed by atoms with Gasteiger partial charge < -0.3 is 19.7 Å². The van der Waals surface area contributed by atoms with E-state index in [4.69, 9.17) is 9.47 Å². The molecule has 2 rings (SSSR count). The summed E-state index contributed by atoms with van der Waals surface area (Å²) in [7, 11) is 3.21.